The summed E-state index contributed by atoms with van der Waals surface area (Å²) in [6.07, 6.45) is 3.87. The van der Waals surface area contributed by atoms with Crippen molar-refractivity contribution >= 4 is 42.9 Å². The molecule has 1 unspecified atom stereocenters. The predicted octanol–water partition coefficient (Wildman–Crippen LogP) is 3.38. The van der Waals surface area contributed by atoms with Crippen molar-refractivity contribution in [1.29, 1.82) is 0 Å². The third-order valence-corrected chi connectivity index (χ3v) is 6.48. The number of benzene rings is 2. The Balaban J connectivity index is 1.51. The second-order valence-corrected chi connectivity index (χ2v) is 9.89. The number of amides is 2. The van der Waals surface area contributed by atoms with Crippen LogP contribution < -0.4 is 35.5 Å². The SMILES string of the molecule is COc1cc2c(Oc3ccc(NC(=O)C(=O)NC(C)C)cc3P)ccnc2cc1OCC1CCNCC1. The Morgan fingerprint density at radius 1 is 1.05 bits per heavy atom. The number of aromatic nitrogens is 1. The molecule has 196 valence electrons. The summed E-state index contributed by atoms with van der Waals surface area (Å²) in [5, 5.41) is 10.0. The molecule has 1 aromatic heterocycles. The fraction of sp³-hybridized carbons (Fsp3) is 0.370. The molecule has 0 aliphatic carbocycles. The maximum absolute atomic E-state index is 12.1. The molecule has 3 aromatic rings. The average molecular weight is 525 g/mol. The van der Waals surface area contributed by atoms with Gasteiger partial charge in [-0.05, 0) is 76.0 Å². The molecule has 9 nitrogen and oxygen atoms in total. The number of rotatable bonds is 8. The van der Waals surface area contributed by atoms with Crippen molar-refractivity contribution in [2.24, 2.45) is 5.92 Å². The molecule has 1 aliphatic rings. The molecule has 4 rings (SSSR count). The van der Waals surface area contributed by atoms with Gasteiger partial charge in [0.25, 0.3) is 0 Å². The average Bonchev–Trinajstić information content (AvgIpc) is 2.88. The zero-order chi connectivity index (χ0) is 26.4. The van der Waals surface area contributed by atoms with Gasteiger partial charge in [0.2, 0.25) is 0 Å². The van der Waals surface area contributed by atoms with E-state index in [4.69, 9.17) is 14.2 Å². The number of fused-ring (bicyclic) bond motifs is 1. The van der Waals surface area contributed by atoms with Crippen molar-refractivity contribution in [3.8, 4) is 23.0 Å². The summed E-state index contributed by atoms with van der Waals surface area (Å²) >= 11 is 0. The zero-order valence-electron chi connectivity index (χ0n) is 21.3. The van der Waals surface area contributed by atoms with Gasteiger partial charge in [0, 0.05) is 34.7 Å². The van der Waals surface area contributed by atoms with E-state index >= 15 is 0 Å². The molecule has 0 radical (unpaired) electrons. The molecular weight excluding hydrogens is 491 g/mol. The largest absolute Gasteiger partial charge is 0.493 e. The van der Waals surface area contributed by atoms with E-state index in [1.807, 2.05) is 12.1 Å². The predicted molar refractivity (Wildman–Crippen MR) is 147 cm³/mol. The number of pyridine rings is 1. The second kappa shape index (κ2) is 12.2. The Hall–Kier alpha value is -3.42. The normalized spacial score (nSPS) is 13.9. The van der Waals surface area contributed by atoms with Gasteiger partial charge in [-0.25, -0.2) is 0 Å². The van der Waals surface area contributed by atoms with Crippen molar-refractivity contribution in [2.45, 2.75) is 32.7 Å². The maximum Gasteiger partial charge on any atom is 0.313 e. The molecule has 1 atom stereocenters. The van der Waals surface area contributed by atoms with Gasteiger partial charge in [0.15, 0.2) is 11.5 Å². The molecule has 10 heteroatoms. The van der Waals surface area contributed by atoms with Crippen LogP contribution in [0, 0.1) is 5.92 Å². The van der Waals surface area contributed by atoms with Crippen LogP contribution in [0.25, 0.3) is 10.9 Å². The highest BCUT2D eigenvalue weighted by Gasteiger charge is 2.18. The standard InChI is InChI=1S/C27H33N4O5P/c1-16(2)30-26(32)27(33)31-18-4-5-22(25(37)12-18)36-21-8-11-29-20-14-24(23(34-3)13-19(20)21)35-15-17-6-9-28-10-7-17/h4-5,8,11-14,16-17,28H,6-7,9-10,15,37H2,1-3H3,(H,30,32)(H,31,33). The van der Waals surface area contributed by atoms with Crippen LogP contribution in [0.15, 0.2) is 42.6 Å². The Morgan fingerprint density at radius 3 is 2.54 bits per heavy atom. The summed E-state index contributed by atoms with van der Waals surface area (Å²) in [5.74, 6) is 1.56. The highest BCUT2D eigenvalue weighted by molar-refractivity contribution is 7.27. The number of carbonyl (C=O) groups is 2. The van der Waals surface area contributed by atoms with E-state index in [1.54, 1.807) is 51.4 Å². The van der Waals surface area contributed by atoms with Crippen LogP contribution in [0.3, 0.4) is 0 Å². The van der Waals surface area contributed by atoms with E-state index in [0.29, 0.717) is 46.5 Å². The maximum atomic E-state index is 12.1. The Kier molecular flexibility index (Phi) is 8.79. The summed E-state index contributed by atoms with van der Waals surface area (Å²) in [6, 6.07) is 10.5. The number of methoxy groups -OCH3 is 1. The molecule has 0 bridgehead atoms. The van der Waals surface area contributed by atoms with E-state index in [9.17, 15) is 9.59 Å². The van der Waals surface area contributed by atoms with Crippen molar-refractivity contribution in [3.63, 3.8) is 0 Å². The minimum Gasteiger partial charge on any atom is -0.493 e. The lowest BCUT2D eigenvalue weighted by Gasteiger charge is -2.23. The molecule has 1 aliphatic heterocycles. The summed E-state index contributed by atoms with van der Waals surface area (Å²) in [5.41, 5.74) is 1.21. The number of anilines is 1. The van der Waals surface area contributed by atoms with Crippen LogP contribution in [-0.2, 0) is 9.59 Å². The quantitative estimate of drug-likeness (QED) is 0.306. The van der Waals surface area contributed by atoms with Gasteiger partial charge >= 0.3 is 11.8 Å². The molecule has 1 fully saturated rings. The molecule has 37 heavy (non-hydrogen) atoms. The van der Waals surface area contributed by atoms with E-state index in [0.717, 1.165) is 36.8 Å². The fourth-order valence-electron chi connectivity index (χ4n) is 4.10. The van der Waals surface area contributed by atoms with Gasteiger partial charge in [0.05, 0.1) is 19.2 Å². The van der Waals surface area contributed by atoms with Gasteiger partial charge in [-0.1, -0.05) is 0 Å². The van der Waals surface area contributed by atoms with Crippen LogP contribution >= 0.6 is 9.24 Å². The van der Waals surface area contributed by atoms with Crippen LogP contribution in [0.2, 0.25) is 0 Å². The van der Waals surface area contributed by atoms with Crippen molar-refractivity contribution in [1.82, 2.24) is 15.6 Å². The number of carbonyl (C=O) groups excluding carboxylic acids is 2. The van der Waals surface area contributed by atoms with Crippen LogP contribution in [-0.4, -0.2) is 49.6 Å². The monoisotopic (exact) mass is 524 g/mol. The Morgan fingerprint density at radius 2 is 1.84 bits per heavy atom. The van der Waals surface area contributed by atoms with Crippen molar-refractivity contribution < 1.29 is 23.8 Å². The van der Waals surface area contributed by atoms with Gasteiger partial charge in [-0.15, -0.1) is 9.24 Å². The lowest BCUT2D eigenvalue weighted by molar-refractivity contribution is -0.136. The molecule has 0 spiro atoms. The molecule has 2 aromatic carbocycles. The number of hydrogen-bond donors (Lipinski definition) is 3. The number of hydrogen-bond acceptors (Lipinski definition) is 7. The Bertz CT molecular complexity index is 1280. The third kappa shape index (κ3) is 6.87. The van der Waals surface area contributed by atoms with Crippen LogP contribution in [0.4, 0.5) is 5.69 Å². The number of nitrogens with one attached hydrogen (secondary N) is 3. The number of ether oxygens (including phenoxy) is 3. The second-order valence-electron chi connectivity index (χ2n) is 9.27. The minimum atomic E-state index is -0.725. The van der Waals surface area contributed by atoms with Gasteiger partial charge < -0.3 is 30.2 Å². The summed E-state index contributed by atoms with van der Waals surface area (Å²) in [7, 11) is 4.21. The molecule has 3 N–H and O–H groups in total. The fourth-order valence-corrected chi connectivity index (χ4v) is 4.43. The van der Waals surface area contributed by atoms with Crippen molar-refractivity contribution in [2.75, 3.05) is 32.1 Å². The first-order valence-corrected chi connectivity index (χ1v) is 12.9. The van der Waals surface area contributed by atoms with E-state index < -0.39 is 11.8 Å². The van der Waals surface area contributed by atoms with Crippen LogP contribution in [0.5, 0.6) is 23.0 Å². The van der Waals surface area contributed by atoms with Gasteiger partial charge in [0.1, 0.15) is 11.5 Å². The van der Waals surface area contributed by atoms with Crippen LogP contribution in [0.1, 0.15) is 26.7 Å². The molecule has 0 saturated carbocycles. The summed E-state index contributed by atoms with van der Waals surface area (Å²) in [6.45, 7) is 6.25. The first-order valence-electron chi connectivity index (χ1n) is 12.3. The lowest BCUT2D eigenvalue weighted by Crippen LogP contribution is -2.39. The zero-order valence-corrected chi connectivity index (χ0v) is 22.5. The smallest absolute Gasteiger partial charge is 0.313 e. The summed E-state index contributed by atoms with van der Waals surface area (Å²) < 4.78 is 18.0. The van der Waals surface area contributed by atoms with Gasteiger partial charge in [-0.2, -0.15) is 0 Å². The van der Waals surface area contributed by atoms with Gasteiger partial charge in [-0.3, -0.25) is 14.6 Å². The molecule has 1 saturated heterocycles. The highest BCUT2D eigenvalue weighted by Crippen LogP contribution is 2.37. The number of nitrogens with zero attached hydrogens (tertiary/aromatic N) is 1. The molecular formula is C27H33N4O5P. The lowest BCUT2D eigenvalue weighted by atomic mass is 9.99. The molecule has 2 amide bonds. The van der Waals surface area contributed by atoms with E-state index in [2.05, 4.69) is 30.2 Å². The minimum absolute atomic E-state index is 0.128. The highest BCUT2D eigenvalue weighted by atomic mass is 31.0. The first-order chi connectivity index (χ1) is 17.8. The summed E-state index contributed by atoms with van der Waals surface area (Å²) in [4.78, 5) is 28.5. The topological polar surface area (TPSA) is 111 Å². The third-order valence-electron chi connectivity index (χ3n) is 6.03. The van der Waals surface area contributed by atoms with E-state index in [1.165, 1.54) is 0 Å². The van der Waals surface area contributed by atoms with Crippen molar-refractivity contribution in [3.05, 3.63) is 42.6 Å². The van der Waals surface area contributed by atoms with E-state index in [-0.39, 0.29) is 6.04 Å². The number of piperidine rings is 1. The Labute approximate surface area is 218 Å². The molecule has 2 heterocycles. The first kappa shape index (κ1) is 26.6.